The monoisotopic (exact) mass is 536 g/mol. The maximum atomic E-state index is 13.2. The molecule has 0 unspecified atom stereocenters. The van der Waals surface area contributed by atoms with E-state index in [9.17, 15) is 14.4 Å². The van der Waals surface area contributed by atoms with E-state index in [0.29, 0.717) is 25.4 Å². The number of alkyl carbamates (subject to hydrolysis) is 1. The van der Waals surface area contributed by atoms with Gasteiger partial charge in [-0.15, -0.1) is 0 Å². The van der Waals surface area contributed by atoms with Crippen molar-refractivity contribution in [1.82, 2.24) is 10.2 Å². The number of imide groups is 1. The van der Waals surface area contributed by atoms with E-state index < -0.39 is 5.60 Å². The number of carbonyl (C=O) groups is 3. The highest BCUT2D eigenvalue weighted by Gasteiger charge is 2.33. The van der Waals surface area contributed by atoms with Crippen LogP contribution in [0, 0.1) is 5.92 Å². The van der Waals surface area contributed by atoms with Crippen LogP contribution < -0.4 is 19.9 Å². The second-order valence-corrected chi connectivity index (χ2v) is 11.2. The van der Waals surface area contributed by atoms with Crippen LogP contribution in [0.3, 0.4) is 0 Å². The summed E-state index contributed by atoms with van der Waals surface area (Å²) < 4.78 is 10.5. The molecule has 2 heterocycles. The van der Waals surface area contributed by atoms with Gasteiger partial charge in [0.2, 0.25) is 5.91 Å². The number of carbonyl (C=O) groups excluding carboxylic acids is 3. The van der Waals surface area contributed by atoms with Crippen LogP contribution >= 0.6 is 0 Å². The fraction of sp³-hybridized carbons (Fsp3) is 0.500. The van der Waals surface area contributed by atoms with Crippen molar-refractivity contribution >= 4 is 29.4 Å². The first kappa shape index (κ1) is 28.3. The quantitative estimate of drug-likeness (QED) is 0.500. The van der Waals surface area contributed by atoms with Gasteiger partial charge in [0.25, 0.3) is 0 Å². The second kappa shape index (κ2) is 12.4. The van der Waals surface area contributed by atoms with Crippen LogP contribution in [0.15, 0.2) is 48.5 Å². The predicted molar refractivity (Wildman–Crippen MR) is 151 cm³/mol. The largest absolute Gasteiger partial charge is 0.497 e. The molecule has 2 aromatic carbocycles. The van der Waals surface area contributed by atoms with E-state index in [1.807, 2.05) is 57.2 Å². The van der Waals surface area contributed by atoms with Crippen molar-refractivity contribution in [2.45, 2.75) is 58.6 Å². The summed E-state index contributed by atoms with van der Waals surface area (Å²) in [4.78, 5) is 43.0. The molecule has 2 aromatic rings. The number of anilines is 2. The lowest BCUT2D eigenvalue weighted by Crippen LogP contribution is -2.52. The number of methoxy groups -OCH3 is 1. The van der Waals surface area contributed by atoms with Gasteiger partial charge in [-0.05, 0) is 87.9 Å². The molecule has 0 radical (unpaired) electrons. The van der Waals surface area contributed by atoms with Crippen LogP contribution in [-0.4, -0.2) is 61.8 Å². The summed E-state index contributed by atoms with van der Waals surface area (Å²) in [5, 5.41) is 2.86. The van der Waals surface area contributed by atoms with Gasteiger partial charge >= 0.3 is 12.1 Å². The smallest absolute Gasteiger partial charge is 0.407 e. The van der Waals surface area contributed by atoms with Gasteiger partial charge in [0.15, 0.2) is 0 Å². The molecule has 2 aliphatic rings. The molecular weight excluding hydrogens is 496 g/mol. The Balaban J connectivity index is 1.27. The average molecular weight is 537 g/mol. The van der Waals surface area contributed by atoms with Crippen LogP contribution in [0.25, 0.3) is 0 Å². The second-order valence-electron chi connectivity index (χ2n) is 11.2. The van der Waals surface area contributed by atoms with E-state index in [4.69, 9.17) is 9.47 Å². The Labute approximate surface area is 231 Å². The zero-order valence-corrected chi connectivity index (χ0v) is 23.4. The van der Waals surface area contributed by atoms with Gasteiger partial charge in [0.1, 0.15) is 11.4 Å². The summed E-state index contributed by atoms with van der Waals surface area (Å²) in [5.74, 6) is 1.14. The third-order valence-electron chi connectivity index (χ3n) is 7.17. The highest BCUT2D eigenvalue weighted by molar-refractivity contribution is 6.05. The molecule has 9 nitrogen and oxygen atoms in total. The zero-order chi connectivity index (χ0) is 28.0. The Morgan fingerprint density at radius 1 is 0.949 bits per heavy atom. The number of hydrogen-bond acceptors (Lipinski definition) is 6. The number of urea groups is 1. The minimum Gasteiger partial charge on any atom is -0.497 e. The van der Waals surface area contributed by atoms with E-state index in [-0.39, 0.29) is 24.6 Å². The minimum absolute atomic E-state index is 0.159. The highest BCUT2D eigenvalue weighted by Crippen LogP contribution is 2.29. The van der Waals surface area contributed by atoms with Crippen molar-refractivity contribution in [3.8, 4) is 5.75 Å². The molecule has 0 bridgehead atoms. The van der Waals surface area contributed by atoms with E-state index in [0.717, 1.165) is 55.0 Å². The van der Waals surface area contributed by atoms with Crippen LogP contribution in [0.1, 0.15) is 52.0 Å². The molecule has 39 heavy (non-hydrogen) atoms. The minimum atomic E-state index is -0.486. The molecule has 0 aliphatic carbocycles. The fourth-order valence-corrected chi connectivity index (χ4v) is 5.02. The Hall–Kier alpha value is -3.75. The van der Waals surface area contributed by atoms with Crippen molar-refractivity contribution in [3.63, 3.8) is 0 Å². The number of hydrogen-bond donors (Lipinski definition) is 1. The van der Waals surface area contributed by atoms with Gasteiger partial charge in [0, 0.05) is 44.0 Å². The molecule has 4 rings (SSSR count). The Morgan fingerprint density at radius 3 is 2.21 bits per heavy atom. The molecular formula is C30H40N4O5. The van der Waals surface area contributed by atoms with Gasteiger partial charge in [-0.3, -0.25) is 14.6 Å². The molecule has 2 aliphatic heterocycles. The molecule has 210 valence electrons. The van der Waals surface area contributed by atoms with E-state index >= 15 is 0 Å². The number of piperidine rings is 1. The van der Waals surface area contributed by atoms with Gasteiger partial charge < -0.3 is 19.7 Å². The topological polar surface area (TPSA) is 91.4 Å². The Kier molecular flexibility index (Phi) is 8.99. The van der Waals surface area contributed by atoms with Crippen molar-refractivity contribution in [2.75, 3.05) is 43.1 Å². The zero-order valence-electron chi connectivity index (χ0n) is 23.4. The third-order valence-corrected chi connectivity index (χ3v) is 7.17. The lowest BCUT2D eigenvalue weighted by atomic mass is 9.93. The molecule has 2 saturated heterocycles. The maximum absolute atomic E-state index is 13.2. The van der Waals surface area contributed by atoms with Crippen molar-refractivity contribution < 1.29 is 23.9 Å². The summed E-state index contributed by atoms with van der Waals surface area (Å²) in [6.07, 6.45) is 2.99. The maximum Gasteiger partial charge on any atom is 0.407 e. The summed E-state index contributed by atoms with van der Waals surface area (Å²) in [6, 6.07) is 15.1. The fourth-order valence-electron chi connectivity index (χ4n) is 5.02. The van der Waals surface area contributed by atoms with Gasteiger partial charge in [0.05, 0.1) is 13.7 Å². The van der Waals surface area contributed by atoms with Crippen LogP contribution in [0.5, 0.6) is 5.75 Å². The summed E-state index contributed by atoms with van der Waals surface area (Å²) in [6.45, 7) is 8.70. The molecule has 0 saturated carbocycles. The first-order valence-electron chi connectivity index (χ1n) is 13.7. The number of benzene rings is 2. The number of rotatable bonds is 8. The number of nitrogens with zero attached hydrogens (tertiary/aromatic N) is 3. The molecule has 0 spiro atoms. The molecule has 9 heteroatoms. The highest BCUT2D eigenvalue weighted by atomic mass is 16.6. The van der Waals surface area contributed by atoms with Crippen LogP contribution in [0.4, 0.5) is 21.0 Å². The van der Waals surface area contributed by atoms with E-state index in [1.54, 1.807) is 12.0 Å². The average Bonchev–Trinajstić information content (AvgIpc) is 2.91. The predicted octanol–water partition coefficient (Wildman–Crippen LogP) is 5.19. The van der Waals surface area contributed by atoms with E-state index in [2.05, 4.69) is 22.3 Å². The van der Waals surface area contributed by atoms with Gasteiger partial charge in [-0.1, -0.05) is 12.1 Å². The van der Waals surface area contributed by atoms with Crippen molar-refractivity contribution in [2.24, 2.45) is 5.92 Å². The van der Waals surface area contributed by atoms with Crippen molar-refractivity contribution in [1.29, 1.82) is 0 Å². The molecule has 4 amide bonds. The number of ether oxygens (including phenoxy) is 2. The van der Waals surface area contributed by atoms with Crippen molar-refractivity contribution in [3.05, 3.63) is 54.1 Å². The lowest BCUT2D eigenvalue weighted by molar-refractivity contribution is -0.129. The third kappa shape index (κ3) is 7.65. The number of amides is 4. The first-order chi connectivity index (χ1) is 18.6. The summed E-state index contributed by atoms with van der Waals surface area (Å²) in [5.41, 5.74) is 2.30. The molecule has 0 aromatic heterocycles. The first-order valence-corrected chi connectivity index (χ1v) is 13.7. The SMILES string of the molecule is COc1ccc(CN2C(=O)CCN(c3ccc(N4CCC(CCNC(=O)OC(C)(C)C)CC4)cc3)C2=O)cc1. The lowest BCUT2D eigenvalue weighted by Gasteiger charge is -2.35. The normalized spacial score (nSPS) is 16.9. The Morgan fingerprint density at radius 2 is 1.59 bits per heavy atom. The van der Waals surface area contributed by atoms with Gasteiger partial charge in [-0.25, -0.2) is 9.59 Å². The van der Waals surface area contributed by atoms with Crippen LogP contribution in [0.2, 0.25) is 0 Å². The molecule has 1 N–H and O–H groups in total. The molecule has 2 fully saturated rings. The van der Waals surface area contributed by atoms with Crippen LogP contribution in [-0.2, 0) is 16.1 Å². The summed E-state index contributed by atoms with van der Waals surface area (Å²) in [7, 11) is 1.60. The Bertz CT molecular complexity index is 1140. The standard InChI is InChI=1S/C30H40N4O5/c1-30(2,3)39-28(36)31-17-13-22-14-18-32(19-15-22)24-7-9-25(10-8-24)33-20-16-27(35)34(29(33)37)21-23-5-11-26(38-4)12-6-23/h5-12,22H,13-21H2,1-4H3,(H,31,36). The molecule has 0 atom stereocenters. The summed E-state index contributed by atoms with van der Waals surface area (Å²) >= 11 is 0. The number of nitrogens with one attached hydrogen (secondary N) is 1. The van der Waals surface area contributed by atoms with Gasteiger partial charge in [-0.2, -0.15) is 0 Å². The van der Waals surface area contributed by atoms with E-state index in [1.165, 1.54) is 4.90 Å².